The van der Waals surface area contributed by atoms with Gasteiger partial charge in [0.05, 0.1) is 17.7 Å². The lowest BCUT2D eigenvalue weighted by Crippen LogP contribution is -2.51. The van der Waals surface area contributed by atoms with E-state index in [-0.39, 0.29) is 0 Å². The lowest BCUT2D eigenvalue weighted by atomic mass is 10.0. The fourth-order valence-corrected chi connectivity index (χ4v) is 2.85. The number of rotatable bonds is 3. The van der Waals surface area contributed by atoms with Crippen LogP contribution in [-0.4, -0.2) is 42.7 Å². The number of aliphatic hydroxyl groups is 1. The maximum absolute atomic E-state index is 9.95. The van der Waals surface area contributed by atoms with Gasteiger partial charge in [-0.2, -0.15) is 5.26 Å². The SMILES string of the molecule is CCC1CN(c2cc(C#N)ccc2C(C)O)CCN1C. The first-order valence-corrected chi connectivity index (χ1v) is 7.24. The van der Waals surface area contributed by atoms with Crippen LogP contribution in [0.5, 0.6) is 0 Å². The zero-order valence-corrected chi connectivity index (χ0v) is 12.5. The van der Waals surface area contributed by atoms with E-state index in [0.29, 0.717) is 11.6 Å². The van der Waals surface area contributed by atoms with E-state index in [9.17, 15) is 5.11 Å². The highest BCUT2D eigenvalue weighted by Gasteiger charge is 2.25. The Labute approximate surface area is 121 Å². The molecule has 1 aliphatic rings. The van der Waals surface area contributed by atoms with Crippen molar-refractivity contribution < 1.29 is 5.11 Å². The molecule has 20 heavy (non-hydrogen) atoms. The molecule has 1 aromatic carbocycles. The highest BCUT2D eigenvalue weighted by atomic mass is 16.3. The lowest BCUT2D eigenvalue weighted by Gasteiger charge is -2.41. The third-order valence-corrected chi connectivity index (χ3v) is 4.20. The fourth-order valence-electron chi connectivity index (χ4n) is 2.85. The summed E-state index contributed by atoms with van der Waals surface area (Å²) in [5, 5.41) is 19.0. The number of benzene rings is 1. The average molecular weight is 273 g/mol. The molecule has 1 aromatic rings. The molecule has 2 unspecified atom stereocenters. The summed E-state index contributed by atoms with van der Waals surface area (Å²) in [6.07, 6.45) is 0.590. The van der Waals surface area contributed by atoms with Gasteiger partial charge in [0.2, 0.25) is 0 Å². The average Bonchev–Trinajstić information content (AvgIpc) is 2.47. The molecule has 0 aliphatic carbocycles. The molecule has 1 saturated heterocycles. The second-order valence-electron chi connectivity index (χ2n) is 5.55. The Hall–Kier alpha value is -1.57. The quantitative estimate of drug-likeness (QED) is 0.916. The number of hydrogen-bond acceptors (Lipinski definition) is 4. The van der Waals surface area contributed by atoms with E-state index >= 15 is 0 Å². The van der Waals surface area contributed by atoms with Crippen molar-refractivity contribution in [2.45, 2.75) is 32.4 Å². The molecular formula is C16H23N3O. The molecule has 2 atom stereocenters. The number of likely N-dealkylation sites (N-methyl/N-ethyl adjacent to an activating group) is 1. The third kappa shape index (κ3) is 2.95. The first-order chi connectivity index (χ1) is 9.56. The summed E-state index contributed by atoms with van der Waals surface area (Å²) in [5.74, 6) is 0. The maximum Gasteiger partial charge on any atom is 0.0992 e. The smallest absolute Gasteiger partial charge is 0.0992 e. The molecule has 1 fully saturated rings. The molecular weight excluding hydrogens is 250 g/mol. The summed E-state index contributed by atoms with van der Waals surface area (Å²) in [6.45, 7) is 6.86. The van der Waals surface area contributed by atoms with Crippen molar-refractivity contribution in [3.05, 3.63) is 29.3 Å². The zero-order chi connectivity index (χ0) is 14.7. The van der Waals surface area contributed by atoms with Crippen LogP contribution in [0, 0.1) is 11.3 Å². The Bertz CT molecular complexity index is 507. The first-order valence-electron chi connectivity index (χ1n) is 7.24. The molecule has 0 bridgehead atoms. The molecule has 2 rings (SSSR count). The van der Waals surface area contributed by atoms with Crippen molar-refractivity contribution in [1.29, 1.82) is 5.26 Å². The van der Waals surface area contributed by atoms with Gasteiger partial charge in [0.15, 0.2) is 0 Å². The van der Waals surface area contributed by atoms with Crippen LogP contribution in [0.3, 0.4) is 0 Å². The maximum atomic E-state index is 9.95. The number of aliphatic hydroxyl groups excluding tert-OH is 1. The summed E-state index contributed by atoms with van der Waals surface area (Å²) >= 11 is 0. The summed E-state index contributed by atoms with van der Waals surface area (Å²) in [6, 6.07) is 8.26. The van der Waals surface area contributed by atoms with Crippen molar-refractivity contribution in [3.63, 3.8) is 0 Å². The van der Waals surface area contributed by atoms with Gasteiger partial charge in [-0.15, -0.1) is 0 Å². The molecule has 0 amide bonds. The van der Waals surface area contributed by atoms with E-state index < -0.39 is 6.10 Å². The second-order valence-corrected chi connectivity index (χ2v) is 5.55. The zero-order valence-electron chi connectivity index (χ0n) is 12.5. The highest BCUT2D eigenvalue weighted by Crippen LogP contribution is 2.29. The van der Waals surface area contributed by atoms with E-state index in [2.05, 4.69) is 29.8 Å². The van der Waals surface area contributed by atoms with Crippen LogP contribution in [0.4, 0.5) is 5.69 Å². The minimum atomic E-state index is -0.516. The Morgan fingerprint density at radius 2 is 2.20 bits per heavy atom. The van der Waals surface area contributed by atoms with Crippen molar-refractivity contribution in [3.8, 4) is 6.07 Å². The largest absolute Gasteiger partial charge is 0.389 e. The van der Waals surface area contributed by atoms with Crippen LogP contribution in [0.25, 0.3) is 0 Å². The molecule has 0 saturated carbocycles. The van der Waals surface area contributed by atoms with E-state index in [4.69, 9.17) is 5.26 Å². The van der Waals surface area contributed by atoms with Crippen LogP contribution in [-0.2, 0) is 0 Å². The predicted molar refractivity (Wildman–Crippen MR) is 80.7 cm³/mol. The molecule has 1 heterocycles. The molecule has 1 aliphatic heterocycles. The van der Waals surface area contributed by atoms with Gasteiger partial charge in [0.1, 0.15) is 0 Å². The minimum absolute atomic E-state index is 0.516. The van der Waals surface area contributed by atoms with E-state index in [1.165, 1.54) is 0 Å². The van der Waals surface area contributed by atoms with Crippen LogP contribution in [0.1, 0.15) is 37.5 Å². The number of nitrogens with zero attached hydrogens (tertiary/aromatic N) is 3. The second kappa shape index (κ2) is 6.25. The van der Waals surface area contributed by atoms with Gasteiger partial charge >= 0.3 is 0 Å². The first kappa shape index (κ1) is 14.8. The van der Waals surface area contributed by atoms with Crippen LogP contribution in [0.2, 0.25) is 0 Å². The van der Waals surface area contributed by atoms with Crippen molar-refractivity contribution in [2.75, 3.05) is 31.6 Å². The number of hydrogen-bond donors (Lipinski definition) is 1. The summed E-state index contributed by atoms with van der Waals surface area (Å²) < 4.78 is 0. The molecule has 0 aromatic heterocycles. The Morgan fingerprint density at radius 3 is 2.80 bits per heavy atom. The molecule has 0 radical (unpaired) electrons. The highest BCUT2D eigenvalue weighted by molar-refractivity contribution is 5.59. The normalized spacial score (nSPS) is 21.6. The number of nitriles is 1. The van der Waals surface area contributed by atoms with Gasteiger partial charge in [0, 0.05) is 36.9 Å². The third-order valence-electron chi connectivity index (χ3n) is 4.20. The number of anilines is 1. The molecule has 1 N–H and O–H groups in total. The van der Waals surface area contributed by atoms with Crippen LogP contribution in [0.15, 0.2) is 18.2 Å². The topological polar surface area (TPSA) is 50.5 Å². The van der Waals surface area contributed by atoms with Gasteiger partial charge in [-0.1, -0.05) is 13.0 Å². The van der Waals surface area contributed by atoms with Gasteiger partial charge in [-0.3, -0.25) is 4.90 Å². The Morgan fingerprint density at radius 1 is 1.45 bits per heavy atom. The van der Waals surface area contributed by atoms with E-state index in [1.807, 2.05) is 12.1 Å². The summed E-state index contributed by atoms with van der Waals surface area (Å²) in [7, 11) is 2.16. The van der Waals surface area contributed by atoms with Crippen molar-refractivity contribution in [2.24, 2.45) is 0 Å². The van der Waals surface area contributed by atoms with Crippen LogP contribution < -0.4 is 4.90 Å². The molecule has 4 heteroatoms. The number of piperazine rings is 1. The van der Waals surface area contributed by atoms with Crippen molar-refractivity contribution in [1.82, 2.24) is 4.90 Å². The van der Waals surface area contributed by atoms with Gasteiger partial charge in [-0.25, -0.2) is 0 Å². The van der Waals surface area contributed by atoms with E-state index in [1.54, 1.807) is 13.0 Å². The lowest BCUT2D eigenvalue weighted by molar-refractivity contribution is 0.196. The Balaban J connectivity index is 2.33. The fraction of sp³-hybridized carbons (Fsp3) is 0.562. The van der Waals surface area contributed by atoms with Crippen molar-refractivity contribution >= 4 is 5.69 Å². The van der Waals surface area contributed by atoms with Gasteiger partial charge < -0.3 is 10.0 Å². The predicted octanol–water partition coefficient (Wildman–Crippen LogP) is 2.14. The summed E-state index contributed by atoms with van der Waals surface area (Å²) in [5.41, 5.74) is 2.56. The molecule has 0 spiro atoms. The standard InChI is InChI=1S/C16H23N3O/c1-4-14-11-19(8-7-18(14)3)16-9-13(10-17)5-6-15(16)12(2)20/h5-6,9,12,14,20H,4,7-8,11H2,1-3H3. The van der Waals surface area contributed by atoms with Gasteiger partial charge in [0.25, 0.3) is 0 Å². The monoisotopic (exact) mass is 273 g/mol. The minimum Gasteiger partial charge on any atom is -0.389 e. The molecule has 108 valence electrons. The van der Waals surface area contributed by atoms with Gasteiger partial charge in [-0.05, 0) is 32.5 Å². The van der Waals surface area contributed by atoms with E-state index in [0.717, 1.165) is 37.3 Å². The molecule has 4 nitrogen and oxygen atoms in total. The Kier molecular flexibility index (Phi) is 4.64. The van der Waals surface area contributed by atoms with Crippen LogP contribution >= 0.6 is 0 Å². The summed E-state index contributed by atoms with van der Waals surface area (Å²) in [4.78, 5) is 4.68.